The molecule has 0 atom stereocenters. The molecule has 13 heteroatoms. The van der Waals surface area contributed by atoms with Gasteiger partial charge in [0.25, 0.3) is 0 Å². The maximum absolute atomic E-state index is 13.2. The Kier molecular flexibility index (Phi) is 4.58. The number of thiazole rings is 1. The zero-order valence-electron chi connectivity index (χ0n) is 20.0. The SMILES string of the molecule is Cc1nc(C(F)(F)F)c(CN2CC3(C2)CN(C(=O)N2CC4(CC(n5cnc(C6(O)CC6)n5)C4)C2)C3)s1. The van der Waals surface area contributed by atoms with Crippen molar-refractivity contribution in [1.29, 1.82) is 0 Å². The van der Waals surface area contributed by atoms with E-state index in [4.69, 9.17) is 0 Å². The fraction of sp³-hybridized carbons (Fsp3) is 0.739. The third kappa shape index (κ3) is 3.57. The van der Waals surface area contributed by atoms with Crippen LogP contribution in [-0.4, -0.2) is 84.9 Å². The minimum atomic E-state index is -4.42. The predicted octanol–water partition coefficient (Wildman–Crippen LogP) is 2.62. The molecule has 0 aromatic carbocycles. The monoisotopic (exact) mass is 523 g/mol. The van der Waals surface area contributed by atoms with Gasteiger partial charge in [0.15, 0.2) is 11.5 Å². The number of aryl methyl sites for hydroxylation is 1. The van der Waals surface area contributed by atoms with Crippen molar-refractivity contribution in [2.24, 2.45) is 10.8 Å². The van der Waals surface area contributed by atoms with Gasteiger partial charge in [-0.1, -0.05) is 0 Å². The lowest BCUT2D eigenvalue weighted by Gasteiger charge is -2.63. The number of halogens is 3. The van der Waals surface area contributed by atoms with E-state index in [1.165, 1.54) is 0 Å². The molecule has 3 saturated heterocycles. The molecule has 2 saturated carbocycles. The molecule has 1 N–H and O–H groups in total. The Morgan fingerprint density at radius 3 is 2.36 bits per heavy atom. The second kappa shape index (κ2) is 7.19. The number of carbonyl (C=O) groups is 1. The van der Waals surface area contributed by atoms with Crippen LogP contribution >= 0.6 is 11.3 Å². The van der Waals surface area contributed by atoms with Crippen molar-refractivity contribution in [3.05, 3.63) is 27.7 Å². The van der Waals surface area contributed by atoms with Crippen molar-refractivity contribution >= 4 is 17.4 Å². The Morgan fingerprint density at radius 1 is 1.11 bits per heavy atom. The minimum Gasteiger partial charge on any atom is -0.382 e. The van der Waals surface area contributed by atoms with Gasteiger partial charge in [0, 0.05) is 56.6 Å². The molecule has 0 radical (unpaired) electrons. The van der Waals surface area contributed by atoms with E-state index >= 15 is 0 Å². The third-order valence-corrected chi connectivity index (χ3v) is 9.52. The molecule has 9 nitrogen and oxygen atoms in total. The first-order chi connectivity index (χ1) is 16.9. The average Bonchev–Trinajstić information content (AvgIpc) is 3.08. The molecule has 2 aliphatic carbocycles. The van der Waals surface area contributed by atoms with Crippen LogP contribution in [-0.2, 0) is 18.3 Å². The molecule has 2 aromatic heterocycles. The van der Waals surface area contributed by atoms with Gasteiger partial charge in [-0.25, -0.2) is 19.4 Å². The Hall–Kier alpha value is -2.25. The number of hydrogen-bond donors (Lipinski definition) is 1. The fourth-order valence-corrected chi connectivity index (χ4v) is 7.60. The Bertz CT molecular complexity index is 1210. The van der Waals surface area contributed by atoms with Crippen LogP contribution in [0.5, 0.6) is 0 Å². The van der Waals surface area contributed by atoms with E-state index in [1.54, 1.807) is 13.3 Å². The summed E-state index contributed by atoms with van der Waals surface area (Å²) < 4.78 is 41.5. The van der Waals surface area contributed by atoms with Crippen LogP contribution < -0.4 is 0 Å². The van der Waals surface area contributed by atoms with E-state index < -0.39 is 17.5 Å². The standard InChI is InChI=1S/C23H28F3N7O2S/c1-14-28-17(23(24,25)26)16(36-14)6-30-7-21(8-30)11-32(12-21)19(34)31-9-20(10-31)4-15(5-20)33-13-27-18(29-33)22(35)2-3-22/h13,15,35H,2-12H2,1H3. The first-order valence-electron chi connectivity index (χ1n) is 12.4. The fourth-order valence-electron chi connectivity index (χ4n) is 6.60. The number of alkyl halides is 3. The van der Waals surface area contributed by atoms with Crippen LogP contribution in [0.25, 0.3) is 0 Å². The molecule has 7 rings (SSSR count). The van der Waals surface area contributed by atoms with Crippen molar-refractivity contribution in [1.82, 2.24) is 34.4 Å². The summed E-state index contributed by atoms with van der Waals surface area (Å²) in [5, 5.41) is 15.1. The predicted molar refractivity (Wildman–Crippen MR) is 122 cm³/mol. The molecule has 2 aromatic rings. The first kappa shape index (κ1) is 22.9. The molecule has 2 amide bonds. The van der Waals surface area contributed by atoms with Crippen LogP contribution in [0.15, 0.2) is 6.33 Å². The number of carbonyl (C=O) groups excluding carboxylic acids is 1. The zero-order valence-corrected chi connectivity index (χ0v) is 20.8. The summed E-state index contributed by atoms with van der Waals surface area (Å²) in [4.78, 5) is 27.0. The maximum atomic E-state index is 13.2. The van der Waals surface area contributed by atoms with Crippen LogP contribution in [0.2, 0.25) is 0 Å². The Morgan fingerprint density at radius 2 is 1.75 bits per heavy atom. The highest BCUT2D eigenvalue weighted by Gasteiger charge is 2.59. The van der Waals surface area contributed by atoms with Gasteiger partial charge in [0.1, 0.15) is 11.9 Å². The number of amides is 2. The van der Waals surface area contributed by atoms with Crippen LogP contribution in [0.4, 0.5) is 18.0 Å². The number of likely N-dealkylation sites (tertiary alicyclic amines) is 3. The van der Waals surface area contributed by atoms with Crippen LogP contribution in [0, 0.1) is 17.8 Å². The second-order valence-electron chi connectivity index (χ2n) is 11.8. The average molecular weight is 524 g/mol. The molecule has 0 unspecified atom stereocenters. The molecule has 5 fully saturated rings. The number of urea groups is 1. The highest BCUT2D eigenvalue weighted by Crippen LogP contribution is 2.55. The Balaban J connectivity index is 0.862. The minimum absolute atomic E-state index is 0.0222. The largest absolute Gasteiger partial charge is 0.434 e. The highest BCUT2D eigenvalue weighted by atomic mass is 32.1. The summed E-state index contributed by atoms with van der Waals surface area (Å²) in [5.74, 6) is 0.526. The number of aliphatic hydroxyl groups is 1. The van der Waals surface area contributed by atoms with Gasteiger partial charge in [-0.3, -0.25) is 4.90 Å². The van der Waals surface area contributed by atoms with Crippen LogP contribution in [0.1, 0.15) is 53.1 Å². The maximum Gasteiger partial charge on any atom is 0.434 e. The lowest BCUT2D eigenvalue weighted by atomic mass is 9.60. The van der Waals surface area contributed by atoms with Crippen LogP contribution in [0.3, 0.4) is 0 Å². The smallest absolute Gasteiger partial charge is 0.382 e. The summed E-state index contributed by atoms with van der Waals surface area (Å²) >= 11 is 1.11. The number of nitrogens with zero attached hydrogens (tertiary/aromatic N) is 7. The Labute approximate surface area is 209 Å². The summed E-state index contributed by atoms with van der Waals surface area (Å²) in [7, 11) is 0. The van der Waals surface area contributed by atoms with Gasteiger partial charge in [0.2, 0.25) is 0 Å². The molecule has 194 valence electrons. The van der Waals surface area contributed by atoms with Gasteiger partial charge in [-0.05, 0) is 32.6 Å². The summed E-state index contributed by atoms with van der Waals surface area (Å²) in [6.45, 7) is 6.16. The molecule has 5 heterocycles. The lowest BCUT2D eigenvalue weighted by Crippen LogP contribution is -2.75. The van der Waals surface area contributed by atoms with Crippen molar-refractivity contribution < 1.29 is 23.1 Å². The first-order valence-corrected chi connectivity index (χ1v) is 13.2. The normalized spacial score (nSPS) is 25.9. The van der Waals surface area contributed by atoms with Gasteiger partial charge < -0.3 is 14.9 Å². The number of rotatable bonds is 4. The van der Waals surface area contributed by atoms with E-state index in [9.17, 15) is 23.1 Å². The zero-order chi connectivity index (χ0) is 25.1. The number of hydrogen-bond acceptors (Lipinski definition) is 7. The topological polar surface area (TPSA) is 90.6 Å². The van der Waals surface area contributed by atoms with E-state index in [0.29, 0.717) is 37.0 Å². The number of aromatic nitrogens is 4. The molecule has 3 aliphatic heterocycles. The molecule has 0 bridgehead atoms. The quantitative estimate of drug-likeness (QED) is 0.663. The van der Waals surface area contributed by atoms with E-state index in [1.807, 2.05) is 19.4 Å². The molecular weight excluding hydrogens is 495 g/mol. The van der Waals surface area contributed by atoms with Crippen molar-refractivity contribution in [3.8, 4) is 0 Å². The molecular formula is C23H28F3N7O2S. The summed E-state index contributed by atoms with van der Waals surface area (Å²) in [5.41, 5.74) is -1.38. The third-order valence-electron chi connectivity index (χ3n) is 8.56. The van der Waals surface area contributed by atoms with Gasteiger partial charge in [0.05, 0.1) is 15.9 Å². The van der Waals surface area contributed by atoms with Gasteiger partial charge in [-0.15, -0.1) is 11.3 Å². The summed E-state index contributed by atoms with van der Waals surface area (Å²) in [6.07, 6.45) is 0.676. The van der Waals surface area contributed by atoms with Crippen molar-refractivity contribution in [2.45, 2.75) is 57.0 Å². The van der Waals surface area contributed by atoms with E-state index in [2.05, 4.69) is 15.1 Å². The molecule has 36 heavy (non-hydrogen) atoms. The van der Waals surface area contributed by atoms with Crippen molar-refractivity contribution in [3.63, 3.8) is 0 Å². The van der Waals surface area contributed by atoms with E-state index in [0.717, 1.165) is 50.1 Å². The summed E-state index contributed by atoms with van der Waals surface area (Å²) in [6, 6.07) is 0.351. The highest BCUT2D eigenvalue weighted by molar-refractivity contribution is 7.11. The second-order valence-corrected chi connectivity index (χ2v) is 13.1. The van der Waals surface area contributed by atoms with Gasteiger partial charge >= 0.3 is 12.2 Å². The van der Waals surface area contributed by atoms with Crippen molar-refractivity contribution in [2.75, 3.05) is 39.3 Å². The molecule has 2 spiro atoms. The van der Waals surface area contributed by atoms with Gasteiger partial charge in [-0.2, -0.15) is 18.3 Å². The molecule has 5 aliphatic rings. The lowest BCUT2D eigenvalue weighted by molar-refractivity contribution is -0.143. The van der Waals surface area contributed by atoms with E-state index in [-0.39, 0.29) is 34.3 Å².